The van der Waals surface area contributed by atoms with Crippen LogP contribution in [0.15, 0.2) is 48.5 Å². The van der Waals surface area contributed by atoms with Gasteiger partial charge in [-0.2, -0.15) is 0 Å². The number of fused-ring (bicyclic) bond motifs is 3. The van der Waals surface area contributed by atoms with Crippen LogP contribution in [0.2, 0.25) is 15.1 Å². The van der Waals surface area contributed by atoms with Gasteiger partial charge in [0.05, 0.1) is 16.4 Å². The number of anilines is 2. The van der Waals surface area contributed by atoms with Crippen molar-refractivity contribution < 1.29 is 0 Å². The predicted octanol–water partition coefficient (Wildman–Crippen LogP) is 6.73. The molecule has 4 aromatic rings. The summed E-state index contributed by atoms with van der Waals surface area (Å²) in [6, 6.07) is 15.8. The molecule has 0 amide bonds. The lowest BCUT2D eigenvalue weighted by atomic mass is 10.0. The van der Waals surface area contributed by atoms with Crippen molar-refractivity contribution in [1.82, 2.24) is 10.3 Å². The first-order valence-electron chi connectivity index (χ1n) is 9.78. The fraction of sp³-hybridized carbons (Fsp3) is 0.174. The Hall–Kier alpha value is -2.44. The third-order valence-electron chi connectivity index (χ3n) is 4.83. The van der Waals surface area contributed by atoms with Gasteiger partial charge < -0.3 is 21.4 Å². The van der Waals surface area contributed by atoms with E-state index in [1.807, 2.05) is 37.4 Å². The molecule has 0 radical (unpaired) electrons. The fourth-order valence-electron chi connectivity index (χ4n) is 3.51. The Bertz CT molecular complexity index is 1200. The summed E-state index contributed by atoms with van der Waals surface area (Å²) in [6.07, 6.45) is 2.77. The molecule has 1 aromatic heterocycles. The average Bonchev–Trinajstić information content (AvgIpc) is 3.10. The second-order valence-electron chi connectivity index (χ2n) is 7.00. The highest BCUT2D eigenvalue weighted by Crippen LogP contribution is 2.34. The molecule has 0 bridgehead atoms. The summed E-state index contributed by atoms with van der Waals surface area (Å²) in [6.45, 7) is 0.970. The number of aromatic amines is 1. The van der Waals surface area contributed by atoms with Gasteiger partial charge in [0.25, 0.3) is 0 Å². The molecule has 0 unspecified atom stereocenters. The zero-order valence-electron chi connectivity index (χ0n) is 17.0. The molecule has 0 saturated carbocycles. The van der Waals surface area contributed by atoms with Crippen LogP contribution in [0.4, 0.5) is 11.4 Å². The lowest BCUT2D eigenvalue weighted by Gasteiger charge is -2.11. The zero-order chi connectivity index (χ0) is 22.4. The van der Waals surface area contributed by atoms with E-state index in [0.29, 0.717) is 10.0 Å². The maximum Gasteiger partial charge on any atom is 0.0765 e. The summed E-state index contributed by atoms with van der Waals surface area (Å²) in [5, 5.41) is 16.6. The summed E-state index contributed by atoms with van der Waals surface area (Å²) in [7, 11) is 1.97. The molecule has 0 aliphatic carbocycles. The molecule has 5 nitrogen and oxygen atoms in total. The first-order chi connectivity index (χ1) is 15.0. The number of benzene rings is 3. The molecule has 0 aliphatic heterocycles. The van der Waals surface area contributed by atoms with Crippen LogP contribution in [-0.4, -0.2) is 24.9 Å². The van der Waals surface area contributed by atoms with E-state index in [-0.39, 0.29) is 0 Å². The van der Waals surface area contributed by atoms with Gasteiger partial charge in [-0.25, -0.2) is 0 Å². The maximum absolute atomic E-state index is 6.26. The van der Waals surface area contributed by atoms with E-state index in [4.69, 9.17) is 40.2 Å². The quantitative estimate of drug-likeness (QED) is 0.121. The molecule has 162 valence electrons. The number of nitrogens with two attached hydrogens (primary N) is 1. The SMILES string of the molecule is CNCCCc1cc(Nc2ccc(Cl)c(Cl)c2)cc2c1[nH]c1ccc(Cl)cc12.N=CN. The summed E-state index contributed by atoms with van der Waals surface area (Å²) >= 11 is 18.5. The molecule has 6 N–H and O–H groups in total. The third-order valence-corrected chi connectivity index (χ3v) is 5.81. The van der Waals surface area contributed by atoms with Gasteiger partial charge in [0.1, 0.15) is 0 Å². The molecule has 0 aliphatic rings. The molecule has 1 heterocycles. The average molecular weight is 477 g/mol. The van der Waals surface area contributed by atoms with Crippen molar-refractivity contribution in [1.29, 1.82) is 5.41 Å². The predicted molar refractivity (Wildman–Crippen MR) is 136 cm³/mol. The van der Waals surface area contributed by atoms with Gasteiger partial charge in [-0.1, -0.05) is 34.8 Å². The van der Waals surface area contributed by atoms with Crippen molar-refractivity contribution in [3.8, 4) is 0 Å². The first kappa shape index (κ1) is 23.2. The molecule has 0 saturated heterocycles. The van der Waals surface area contributed by atoms with Crippen LogP contribution in [0.25, 0.3) is 21.8 Å². The van der Waals surface area contributed by atoms with Crippen molar-refractivity contribution in [2.75, 3.05) is 18.9 Å². The van der Waals surface area contributed by atoms with E-state index < -0.39 is 0 Å². The van der Waals surface area contributed by atoms with Crippen molar-refractivity contribution in [3.05, 3.63) is 69.2 Å². The summed E-state index contributed by atoms with van der Waals surface area (Å²) in [4.78, 5) is 3.56. The third kappa shape index (κ3) is 5.63. The first-order valence-corrected chi connectivity index (χ1v) is 10.9. The Balaban J connectivity index is 0.000000858. The van der Waals surface area contributed by atoms with Crippen molar-refractivity contribution >= 4 is 74.3 Å². The number of aromatic nitrogens is 1. The summed E-state index contributed by atoms with van der Waals surface area (Å²) < 4.78 is 0. The van der Waals surface area contributed by atoms with Crippen LogP contribution >= 0.6 is 34.8 Å². The highest BCUT2D eigenvalue weighted by atomic mass is 35.5. The van der Waals surface area contributed by atoms with Gasteiger partial charge in [-0.3, -0.25) is 5.41 Å². The van der Waals surface area contributed by atoms with Crippen molar-refractivity contribution in [2.24, 2.45) is 5.73 Å². The fourth-order valence-corrected chi connectivity index (χ4v) is 3.98. The molecule has 3 aromatic carbocycles. The van der Waals surface area contributed by atoms with Crippen LogP contribution in [0.5, 0.6) is 0 Å². The number of hydrogen-bond acceptors (Lipinski definition) is 3. The zero-order valence-corrected chi connectivity index (χ0v) is 19.3. The van der Waals surface area contributed by atoms with E-state index in [0.717, 1.165) is 63.9 Å². The van der Waals surface area contributed by atoms with Crippen molar-refractivity contribution in [2.45, 2.75) is 12.8 Å². The topological polar surface area (TPSA) is 89.7 Å². The standard InChI is InChI=1S/C22H20Cl3N3.CH4N2/c1-26-8-2-3-13-9-16(27-15-5-6-19(24)20(25)12-15)11-18-17-10-14(23)4-7-21(17)28-22(13)18;2-1-3/h4-7,9-12,26-28H,2-3,8H2,1H3;1H,(H3,2,3). The Labute approximate surface area is 196 Å². The molecule has 8 heteroatoms. The maximum atomic E-state index is 6.26. The monoisotopic (exact) mass is 475 g/mol. The molecule has 4 rings (SSSR count). The van der Waals surface area contributed by atoms with E-state index >= 15 is 0 Å². The van der Waals surface area contributed by atoms with Crippen LogP contribution < -0.4 is 16.4 Å². The number of nitrogens with one attached hydrogen (secondary N) is 4. The highest BCUT2D eigenvalue weighted by molar-refractivity contribution is 6.42. The molecular weight excluding hydrogens is 453 g/mol. The van der Waals surface area contributed by atoms with E-state index in [1.165, 1.54) is 5.56 Å². The van der Waals surface area contributed by atoms with Crippen molar-refractivity contribution in [3.63, 3.8) is 0 Å². The molecular formula is C23H24Cl3N5. The molecule has 0 spiro atoms. The molecule has 0 atom stereocenters. The van der Waals surface area contributed by atoms with Gasteiger partial charge in [0.2, 0.25) is 0 Å². The Morgan fingerprint density at radius 2 is 1.74 bits per heavy atom. The lowest BCUT2D eigenvalue weighted by molar-refractivity contribution is 0.726. The van der Waals surface area contributed by atoms with E-state index in [9.17, 15) is 0 Å². The number of H-pyrrole nitrogens is 1. The number of rotatable bonds is 6. The lowest BCUT2D eigenvalue weighted by Crippen LogP contribution is -2.08. The van der Waals surface area contributed by atoms with Crippen LogP contribution in [0, 0.1) is 5.41 Å². The smallest absolute Gasteiger partial charge is 0.0765 e. The second kappa shape index (κ2) is 10.7. The van der Waals surface area contributed by atoms with Crippen LogP contribution in [0.3, 0.4) is 0 Å². The summed E-state index contributed by atoms with van der Waals surface area (Å²) in [5.74, 6) is 0. The van der Waals surface area contributed by atoms with E-state index in [1.54, 1.807) is 6.07 Å². The Morgan fingerprint density at radius 1 is 0.968 bits per heavy atom. The van der Waals surface area contributed by atoms with Crippen LogP contribution in [0.1, 0.15) is 12.0 Å². The van der Waals surface area contributed by atoms with Gasteiger partial charge in [0.15, 0.2) is 0 Å². The van der Waals surface area contributed by atoms with Gasteiger partial charge >= 0.3 is 0 Å². The van der Waals surface area contributed by atoms with Gasteiger partial charge in [0, 0.05) is 38.2 Å². The minimum Gasteiger partial charge on any atom is -0.390 e. The van der Waals surface area contributed by atoms with Gasteiger partial charge in [-0.15, -0.1) is 0 Å². The van der Waals surface area contributed by atoms with Crippen LogP contribution in [-0.2, 0) is 6.42 Å². The number of hydrogen-bond donors (Lipinski definition) is 5. The highest BCUT2D eigenvalue weighted by Gasteiger charge is 2.12. The minimum atomic E-state index is 0.529. The Kier molecular flexibility index (Phi) is 8.04. The number of halogens is 3. The number of aryl methyl sites for hydroxylation is 1. The Morgan fingerprint density at radius 3 is 2.45 bits per heavy atom. The van der Waals surface area contributed by atoms with E-state index in [2.05, 4.69) is 33.5 Å². The van der Waals surface area contributed by atoms with Gasteiger partial charge in [-0.05, 0) is 80.5 Å². The summed E-state index contributed by atoms with van der Waals surface area (Å²) in [5.41, 5.74) is 9.80. The molecule has 0 fully saturated rings. The molecule has 31 heavy (non-hydrogen) atoms. The largest absolute Gasteiger partial charge is 0.390 e. The normalized spacial score (nSPS) is 10.7. The second-order valence-corrected chi connectivity index (χ2v) is 8.25. The minimum absolute atomic E-state index is 0.529.